The van der Waals surface area contributed by atoms with Crippen molar-refractivity contribution in [2.45, 2.75) is 38.1 Å². The van der Waals surface area contributed by atoms with Gasteiger partial charge in [-0.3, -0.25) is 0 Å². The summed E-state index contributed by atoms with van der Waals surface area (Å²) in [7, 11) is 0. The first-order chi connectivity index (χ1) is 5.92. The van der Waals surface area contributed by atoms with Crippen molar-refractivity contribution < 1.29 is 0 Å². The molecule has 2 nitrogen and oxygen atoms in total. The van der Waals surface area contributed by atoms with E-state index in [0.717, 1.165) is 37.4 Å². The standard InChI is InChI=1S/C10H20N2/c11-6-1-7-12-10(8-2-3-8)9-4-5-9/h8-10,12H,1-7,11H2. The molecule has 2 saturated carbocycles. The maximum absolute atomic E-state index is 5.46. The first-order valence-electron chi connectivity index (χ1n) is 5.35. The number of nitrogens with two attached hydrogens (primary N) is 1. The quantitative estimate of drug-likeness (QED) is 0.583. The van der Waals surface area contributed by atoms with Crippen LogP contribution in [0.2, 0.25) is 0 Å². The normalized spacial score (nSPS) is 23.5. The second-order valence-corrected chi connectivity index (χ2v) is 4.30. The summed E-state index contributed by atoms with van der Waals surface area (Å²) in [5.41, 5.74) is 5.46. The number of nitrogens with one attached hydrogen (secondary N) is 1. The Kier molecular flexibility index (Phi) is 2.66. The third kappa shape index (κ3) is 2.20. The predicted octanol–water partition coefficient (Wildman–Crippen LogP) is 1.11. The molecular weight excluding hydrogens is 148 g/mol. The predicted molar refractivity (Wildman–Crippen MR) is 50.9 cm³/mol. The number of hydrogen-bond acceptors (Lipinski definition) is 2. The van der Waals surface area contributed by atoms with Gasteiger partial charge in [-0.25, -0.2) is 0 Å². The van der Waals surface area contributed by atoms with E-state index in [9.17, 15) is 0 Å². The summed E-state index contributed by atoms with van der Waals surface area (Å²) in [6.45, 7) is 1.96. The van der Waals surface area contributed by atoms with E-state index >= 15 is 0 Å². The first-order valence-corrected chi connectivity index (χ1v) is 5.35. The van der Waals surface area contributed by atoms with Crippen LogP contribution in [0.15, 0.2) is 0 Å². The number of rotatable bonds is 6. The molecule has 0 radical (unpaired) electrons. The van der Waals surface area contributed by atoms with E-state index in [1.54, 1.807) is 0 Å². The minimum atomic E-state index is 0.828. The van der Waals surface area contributed by atoms with E-state index in [2.05, 4.69) is 5.32 Å². The third-order valence-electron chi connectivity index (χ3n) is 3.02. The summed E-state index contributed by atoms with van der Waals surface area (Å²) >= 11 is 0. The molecule has 0 aromatic carbocycles. The van der Waals surface area contributed by atoms with Crippen LogP contribution >= 0.6 is 0 Å². The van der Waals surface area contributed by atoms with Gasteiger partial charge in [0.15, 0.2) is 0 Å². The van der Waals surface area contributed by atoms with Crippen LogP contribution in [0.5, 0.6) is 0 Å². The van der Waals surface area contributed by atoms with Gasteiger partial charge in [0.2, 0.25) is 0 Å². The molecule has 2 fully saturated rings. The molecule has 0 amide bonds. The van der Waals surface area contributed by atoms with E-state index < -0.39 is 0 Å². The van der Waals surface area contributed by atoms with Crippen LogP contribution < -0.4 is 11.1 Å². The van der Waals surface area contributed by atoms with Gasteiger partial charge < -0.3 is 11.1 Å². The fraction of sp³-hybridized carbons (Fsp3) is 1.00. The second kappa shape index (κ2) is 3.75. The zero-order valence-electron chi connectivity index (χ0n) is 7.76. The summed E-state index contributed by atoms with van der Waals surface area (Å²) in [5.74, 6) is 2.05. The second-order valence-electron chi connectivity index (χ2n) is 4.30. The van der Waals surface area contributed by atoms with Crippen molar-refractivity contribution >= 4 is 0 Å². The summed E-state index contributed by atoms with van der Waals surface area (Å²) in [4.78, 5) is 0. The average Bonchev–Trinajstić information content (AvgIpc) is 2.87. The summed E-state index contributed by atoms with van der Waals surface area (Å²) < 4.78 is 0. The van der Waals surface area contributed by atoms with Crippen molar-refractivity contribution in [1.29, 1.82) is 0 Å². The van der Waals surface area contributed by atoms with E-state index in [-0.39, 0.29) is 0 Å². The van der Waals surface area contributed by atoms with E-state index in [1.165, 1.54) is 25.7 Å². The Bertz CT molecular complexity index is 127. The van der Waals surface area contributed by atoms with E-state index in [1.807, 2.05) is 0 Å². The van der Waals surface area contributed by atoms with Crippen LogP contribution in [0.4, 0.5) is 0 Å². The van der Waals surface area contributed by atoms with Crippen LogP contribution in [-0.4, -0.2) is 19.1 Å². The molecule has 0 saturated heterocycles. The smallest absolute Gasteiger partial charge is 0.0124 e. The van der Waals surface area contributed by atoms with Crippen molar-refractivity contribution in [3.63, 3.8) is 0 Å². The molecule has 2 aliphatic carbocycles. The van der Waals surface area contributed by atoms with Crippen molar-refractivity contribution in [3.8, 4) is 0 Å². The average molecular weight is 168 g/mol. The topological polar surface area (TPSA) is 38.0 Å². The molecular formula is C10H20N2. The molecule has 0 aromatic heterocycles. The Morgan fingerprint density at radius 3 is 2.17 bits per heavy atom. The zero-order chi connectivity index (χ0) is 8.39. The maximum atomic E-state index is 5.46. The summed E-state index contributed by atoms with van der Waals surface area (Å²) in [5, 5.41) is 3.66. The molecule has 0 heterocycles. The van der Waals surface area contributed by atoms with Crippen LogP contribution in [0.25, 0.3) is 0 Å². The summed E-state index contributed by atoms with van der Waals surface area (Å²) in [6, 6.07) is 0.858. The Morgan fingerprint density at radius 2 is 1.75 bits per heavy atom. The van der Waals surface area contributed by atoms with Gasteiger partial charge in [0, 0.05) is 6.04 Å². The van der Waals surface area contributed by atoms with Gasteiger partial charge in [-0.2, -0.15) is 0 Å². The van der Waals surface area contributed by atoms with Gasteiger partial charge in [0.25, 0.3) is 0 Å². The van der Waals surface area contributed by atoms with Crippen LogP contribution in [0.3, 0.4) is 0 Å². The monoisotopic (exact) mass is 168 g/mol. The fourth-order valence-corrected chi connectivity index (χ4v) is 2.00. The Balaban J connectivity index is 1.66. The fourth-order valence-electron chi connectivity index (χ4n) is 2.00. The number of hydrogen-bond donors (Lipinski definition) is 2. The van der Waals surface area contributed by atoms with Gasteiger partial charge in [0.1, 0.15) is 0 Å². The highest BCUT2D eigenvalue weighted by Gasteiger charge is 2.40. The molecule has 70 valence electrons. The minimum Gasteiger partial charge on any atom is -0.330 e. The highest BCUT2D eigenvalue weighted by Crippen LogP contribution is 2.44. The lowest BCUT2D eigenvalue weighted by Gasteiger charge is -2.16. The molecule has 0 aliphatic heterocycles. The largest absolute Gasteiger partial charge is 0.330 e. The van der Waals surface area contributed by atoms with Crippen molar-refractivity contribution in [2.24, 2.45) is 17.6 Å². The lowest BCUT2D eigenvalue weighted by molar-refractivity contribution is 0.415. The summed E-state index contributed by atoms with van der Waals surface area (Å²) in [6.07, 6.45) is 7.01. The molecule has 0 aromatic rings. The molecule has 2 heteroatoms. The molecule has 12 heavy (non-hydrogen) atoms. The molecule has 0 spiro atoms. The molecule has 3 N–H and O–H groups in total. The van der Waals surface area contributed by atoms with Crippen LogP contribution in [0, 0.1) is 11.8 Å². The molecule has 2 aliphatic rings. The Morgan fingerprint density at radius 1 is 1.17 bits per heavy atom. The Hall–Kier alpha value is -0.0800. The molecule has 0 bridgehead atoms. The van der Waals surface area contributed by atoms with Crippen LogP contribution in [-0.2, 0) is 0 Å². The molecule has 0 atom stereocenters. The maximum Gasteiger partial charge on any atom is 0.0124 e. The first kappa shape index (κ1) is 8.52. The Labute approximate surface area is 74.9 Å². The van der Waals surface area contributed by atoms with E-state index in [4.69, 9.17) is 5.73 Å². The molecule has 2 rings (SSSR count). The lowest BCUT2D eigenvalue weighted by atomic mass is 10.1. The van der Waals surface area contributed by atoms with Gasteiger partial charge in [0.05, 0.1) is 0 Å². The van der Waals surface area contributed by atoms with Gasteiger partial charge in [-0.1, -0.05) is 0 Å². The minimum absolute atomic E-state index is 0.828. The van der Waals surface area contributed by atoms with Gasteiger partial charge in [-0.05, 0) is 57.0 Å². The van der Waals surface area contributed by atoms with Crippen molar-refractivity contribution in [2.75, 3.05) is 13.1 Å². The van der Waals surface area contributed by atoms with Crippen LogP contribution in [0.1, 0.15) is 32.1 Å². The molecule has 0 unspecified atom stereocenters. The van der Waals surface area contributed by atoms with Gasteiger partial charge in [-0.15, -0.1) is 0 Å². The zero-order valence-corrected chi connectivity index (χ0v) is 7.76. The van der Waals surface area contributed by atoms with Gasteiger partial charge >= 0.3 is 0 Å². The lowest BCUT2D eigenvalue weighted by Crippen LogP contribution is -2.34. The van der Waals surface area contributed by atoms with Crippen molar-refractivity contribution in [3.05, 3.63) is 0 Å². The third-order valence-corrected chi connectivity index (χ3v) is 3.02. The highest BCUT2D eigenvalue weighted by molar-refractivity contribution is 4.96. The highest BCUT2D eigenvalue weighted by atomic mass is 14.9. The van der Waals surface area contributed by atoms with E-state index in [0.29, 0.717) is 0 Å². The van der Waals surface area contributed by atoms with Crippen molar-refractivity contribution in [1.82, 2.24) is 5.32 Å². The SMILES string of the molecule is NCCCNC(C1CC1)C1CC1.